The number of carbonyl (C=O) groups excluding carboxylic acids is 1. The predicted octanol–water partition coefficient (Wildman–Crippen LogP) is 1.75. The van der Waals surface area contributed by atoms with Gasteiger partial charge in [0.05, 0.1) is 12.5 Å². The van der Waals surface area contributed by atoms with Gasteiger partial charge in [0.2, 0.25) is 0 Å². The summed E-state index contributed by atoms with van der Waals surface area (Å²) in [6.07, 6.45) is 0.495. The van der Waals surface area contributed by atoms with E-state index >= 15 is 0 Å². The van der Waals surface area contributed by atoms with Crippen molar-refractivity contribution in [2.24, 2.45) is 0 Å². The standard InChI is InChI=1S/C14H16N2O2/c1-10(7-8-15)16(2)14(17)13-9-11-5-3-4-6-12(11)18-13/h3-6,10,13H,7,9H2,1-2H3. The maximum absolute atomic E-state index is 12.2. The molecule has 0 spiro atoms. The van der Waals surface area contributed by atoms with Gasteiger partial charge in [-0.25, -0.2) is 0 Å². The summed E-state index contributed by atoms with van der Waals surface area (Å²) in [5.41, 5.74) is 1.07. The van der Waals surface area contributed by atoms with Gasteiger partial charge in [0, 0.05) is 19.5 Å². The van der Waals surface area contributed by atoms with E-state index in [4.69, 9.17) is 10.00 Å². The molecule has 0 aliphatic carbocycles. The summed E-state index contributed by atoms with van der Waals surface area (Å²) in [5, 5.41) is 8.66. The summed E-state index contributed by atoms with van der Waals surface area (Å²) in [6, 6.07) is 9.68. The normalized spacial score (nSPS) is 18.4. The van der Waals surface area contributed by atoms with Gasteiger partial charge in [0.15, 0.2) is 6.10 Å². The van der Waals surface area contributed by atoms with Crippen molar-refractivity contribution in [3.63, 3.8) is 0 Å². The summed E-state index contributed by atoms with van der Waals surface area (Å²) in [4.78, 5) is 13.8. The highest BCUT2D eigenvalue weighted by atomic mass is 16.5. The Kier molecular flexibility index (Phi) is 3.52. The number of rotatable bonds is 3. The van der Waals surface area contributed by atoms with E-state index in [1.807, 2.05) is 31.2 Å². The van der Waals surface area contributed by atoms with Gasteiger partial charge >= 0.3 is 0 Å². The van der Waals surface area contributed by atoms with Crippen LogP contribution < -0.4 is 4.74 Å². The molecule has 0 fully saturated rings. The van der Waals surface area contributed by atoms with Crippen molar-refractivity contribution in [2.75, 3.05) is 7.05 Å². The molecule has 1 aromatic carbocycles. The molecule has 4 heteroatoms. The second-order valence-electron chi connectivity index (χ2n) is 4.58. The molecule has 0 radical (unpaired) electrons. The molecule has 0 bridgehead atoms. The van der Waals surface area contributed by atoms with Crippen LogP contribution in [0.2, 0.25) is 0 Å². The molecular formula is C14H16N2O2. The number of likely N-dealkylation sites (N-methyl/N-ethyl adjacent to an activating group) is 1. The fourth-order valence-electron chi connectivity index (χ4n) is 2.03. The Morgan fingerprint density at radius 3 is 3.00 bits per heavy atom. The average molecular weight is 244 g/mol. The smallest absolute Gasteiger partial charge is 0.264 e. The fourth-order valence-corrected chi connectivity index (χ4v) is 2.03. The van der Waals surface area contributed by atoms with Gasteiger partial charge in [0.1, 0.15) is 5.75 Å². The van der Waals surface area contributed by atoms with E-state index in [0.717, 1.165) is 11.3 Å². The van der Waals surface area contributed by atoms with Gasteiger partial charge in [-0.2, -0.15) is 5.26 Å². The van der Waals surface area contributed by atoms with Crippen LogP contribution in [0.25, 0.3) is 0 Å². The van der Waals surface area contributed by atoms with Gasteiger partial charge in [-0.15, -0.1) is 0 Å². The minimum Gasteiger partial charge on any atom is -0.480 e. The van der Waals surface area contributed by atoms with Crippen LogP contribution in [0.4, 0.5) is 0 Å². The maximum atomic E-state index is 12.2. The molecule has 1 heterocycles. The summed E-state index contributed by atoms with van der Waals surface area (Å²) >= 11 is 0. The topological polar surface area (TPSA) is 53.3 Å². The van der Waals surface area contributed by atoms with Gasteiger partial charge in [-0.05, 0) is 18.6 Å². The molecule has 0 N–H and O–H groups in total. The lowest BCUT2D eigenvalue weighted by Gasteiger charge is -2.25. The van der Waals surface area contributed by atoms with Crippen LogP contribution in [0.15, 0.2) is 24.3 Å². The predicted molar refractivity (Wildman–Crippen MR) is 67.0 cm³/mol. The summed E-state index contributed by atoms with van der Waals surface area (Å²) in [5.74, 6) is 0.728. The third-order valence-electron chi connectivity index (χ3n) is 3.32. The van der Waals surface area contributed by atoms with E-state index in [2.05, 4.69) is 6.07 Å². The molecule has 2 unspecified atom stereocenters. The first-order valence-corrected chi connectivity index (χ1v) is 6.01. The molecule has 4 nitrogen and oxygen atoms in total. The molecule has 0 saturated heterocycles. The van der Waals surface area contributed by atoms with Gasteiger partial charge in [-0.3, -0.25) is 4.79 Å². The van der Waals surface area contributed by atoms with E-state index in [1.54, 1.807) is 11.9 Å². The molecule has 2 rings (SSSR count). The third-order valence-corrected chi connectivity index (χ3v) is 3.32. The minimum atomic E-state index is -0.450. The molecule has 0 aromatic heterocycles. The Balaban J connectivity index is 2.03. The highest BCUT2D eigenvalue weighted by molar-refractivity contribution is 5.82. The Morgan fingerprint density at radius 1 is 1.61 bits per heavy atom. The second kappa shape index (κ2) is 5.09. The number of hydrogen-bond acceptors (Lipinski definition) is 3. The maximum Gasteiger partial charge on any atom is 0.264 e. The van der Waals surface area contributed by atoms with Crippen LogP contribution in [-0.2, 0) is 11.2 Å². The summed E-state index contributed by atoms with van der Waals surface area (Å²) < 4.78 is 5.64. The molecule has 1 aliphatic rings. The summed E-state index contributed by atoms with van der Waals surface area (Å²) in [6.45, 7) is 1.86. The zero-order valence-electron chi connectivity index (χ0n) is 10.6. The van der Waals surface area contributed by atoms with Crippen molar-refractivity contribution < 1.29 is 9.53 Å². The number of benzene rings is 1. The molecule has 1 aliphatic heterocycles. The molecule has 2 atom stereocenters. The number of fused-ring (bicyclic) bond motifs is 1. The monoisotopic (exact) mass is 244 g/mol. The minimum absolute atomic E-state index is 0.0612. The van der Waals surface area contributed by atoms with Crippen LogP contribution in [-0.4, -0.2) is 30.0 Å². The third kappa shape index (κ3) is 2.30. The van der Waals surface area contributed by atoms with Crippen molar-refractivity contribution in [1.29, 1.82) is 5.26 Å². The van der Waals surface area contributed by atoms with E-state index in [0.29, 0.717) is 12.8 Å². The molecule has 18 heavy (non-hydrogen) atoms. The lowest BCUT2D eigenvalue weighted by Crippen LogP contribution is -2.43. The zero-order valence-corrected chi connectivity index (χ0v) is 10.6. The number of nitrogens with zero attached hydrogens (tertiary/aromatic N) is 2. The quantitative estimate of drug-likeness (QED) is 0.814. The first-order chi connectivity index (χ1) is 8.63. The molecule has 1 amide bonds. The molecule has 94 valence electrons. The van der Waals surface area contributed by atoms with E-state index in [9.17, 15) is 4.79 Å². The average Bonchev–Trinajstić information content (AvgIpc) is 2.81. The molecule has 1 aromatic rings. The number of ether oxygens (including phenoxy) is 1. The number of hydrogen-bond donors (Lipinski definition) is 0. The summed E-state index contributed by atoms with van der Waals surface area (Å²) in [7, 11) is 1.72. The van der Waals surface area contributed by atoms with Crippen molar-refractivity contribution in [2.45, 2.75) is 31.9 Å². The van der Waals surface area contributed by atoms with Crippen LogP contribution in [0.3, 0.4) is 0 Å². The van der Waals surface area contributed by atoms with Crippen molar-refractivity contribution >= 4 is 5.91 Å². The Hall–Kier alpha value is -2.02. The number of amides is 1. The van der Waals surface area contributed by atoms with E-state index < -0.39 is 6.10 Å². The van der Waals surface area contributed by atoms with Crippen molar-refractivity contribution in [3.05, 3.63) is 29.8 Å². The largest absolute Gasteiger partial charge is 0.480 e. The highest BCUT2D eigenvalue weighted by Crippen LogP contribution is 2.29. The molecular weight excluding hydrogens is 228 g/mol. The number of nitriles is 1. The van der Waals surface area contributed by atoms with Crippen LogP contribution in [0.1, 0.15) is 18.9 Å². The van der Waals surface area contributed by atoms with Gasteiger partial charge in [-0.1, -0.05) is 18.2 Å². The van der Waals surface area contributed by atoms with Crippen LogP contribution >= 0.6 is 0 Å². The number of para-hydroxylation sites is 1. The zero-order chi connectivity index (χ0) is 13.1. The first kappa shape index (κ1) is 12.4. The van der Waals surface area contributed by atoms with Crippen molar-refractivity contribution in [3.8, 4) is 11.8 Å². The SMILES string of the molecule is CC(CC#N)N(C)C(=O)C1Cc2ccccc2O1. The van der Waals surface area contributed by atoms with Crippen molar-refractivity contribution in [1.82, 2.24) is 4.90 Å². The Bertz CT molecular complexity index is 468. The van der Waals surface area contributed by atoms with E-state index in [1.165, 1.54) is 0 Å². The Labute approximate surface area is 107 Å². The fraction of sp³-hybridized carbons (Fsp3) is 0.429. The Morgan fingerprint density at radius 2 is 2.33 bits per heavy atom. The van der Waals surface area contributed by atoms with Gasteiger partial charge in [0.25, 0.3) is 5.91 Å². The van der Waals surface area contributed by atoms with E-state index in [-0.39, 0.29) is 11.9 Å². The molecule has 0 saturated carbocycles. The van der Waals surface area contributed by atoms with Gasteiger partial charge < -0.3 is 9.64 Å². The first-order valence-electron chi connectivity index (χ1n) is 6.01. The highest BCUT2D eigenvalue weighted by Gasteiger charge is 2.32. The van der Waals surface area contributed by atoms with Crippen LogP contribution in [0, 0.1) is 11.3 Å². The second-order valence-corrected chi connectivity index (χ2v) is 4.58. The lowest BCUT2D eigenvalue weighted by molar-refractivity contribution is -0.138. The number of carbonyl (C=O) groups is 1. The lowest BCUT2D eigenvalue weighted by atomic mass is 10.1. The van der Waals surface area contributed by atoms with Crippen LogP contribution in [0.5, 0.6) is 5.75 Å².